The summed E-state index contributed by atoms with van der Waals surface area (Å²) in [6.07, 6.45) is -5.17. The molecule has 2 aromatic rings. The normalized spacial score (nSPS) is 13.5. The van der Waals surface area contributed by atoms with E-state index in [0.717, 1.165) is 18.2 Å². The van der Waals surface area contributed by atoms with Gasteiger partial charge < -0.3 is 16.4 Å². The van der Waals surface area contributed by atoms with Crippen LogP contribution in [0.5, 0.6) is 0 Å². The predicted octanol–water partition coefficient (Wildman–Crippen LogP) is 2.74. The molecule has 150 valence electrons. The van der Waals surface area contributed by atoms with Crippen LogP contribution in [0.4, 0.5) is 17.6 Å². The minimum absolute atomic E-state index is 0.149. The fraction of sp³-hybridized carbons (Fsp3) is 0.222. The fourth-order valence-electron chi connectivity index (χ4n) is 2.35. The van der Waals surface area contributed by atoms with Crippen molar-refractivity contribution in [1.82, 2.24) is 10.6 Å². The number of hydrogen-bond acceptors (Lipinski definition) is 3. The third-order valence-corrected chi connectivity index (χ3v) is 4.14. The first kappa shape index (κ1) is 21.6. The molecule has 0 heterocycles. The van der Waals surface area contributed by atoms with Crippen molar-refractivity contribution in [2.75, 3.05) is 13.1 Å². The Morgan fingerprint density at radius 2 is 1.61 bits per heavy atom. The molecule has 2 rings (SSSR count). The van der Waals surface area contributed by atoms with Crippen LogP contribution in [0.25, 0.3) is 0 Å². The van der Waals surface area contributed by atoms with Gasteiger partial charge in [-0.05, 0) is 42.0 Å². The SMILES string of the molecule is N[C@@](C(=O)NCCNC(=O)c1ccc(Cl)cc1)(c1cccc(F)c1)C(F)(F)F. The fourth-order valence-corrected chi connectivity index (χ4v) is 2.48. The maximum Gasteiger partial charge on any atom is 0.419 e. The van der Waals surface area contributed by atoms with Crippen molar-refractivity contribution in [1.29, 1.82) is 0 Å². The molecule has 0 saturated carbocycles. The first-order valence-electron chi connectivity index (χ1n) is 7.99. The minimum atomic E-state index is -5.17. The van der Waals surface area contributed by atoms with Gasteiger partial charge in [-0.1, -0.05) is 23.7 Å². The smallest absolute Gasteiger partial charge is 0.352 e. The van der Waals surface area contributed by atoms with Crippen LogP contribution >= 0.6 is 11.6 Å². The monoisotopic (exact) mass is 417 g/mol. The Labute approximate surface area is 162 Å². The molecule has 0 unspecified atom stereocenters. The van der Waals surface area contributed by atoms with Gasteiger partial charge in [-0.3, -0.25) is 9.59 Å². The van der Waals surface area contributed by atoms with Crippen molar-refractivity contribution < 1.29 is 27.2 Å². The number of hydrogen-bond donors (Lipinski definition) is 3. The molecular formula is C18H16ClF4N3O2. The van der Waals surface area contributed by atoms with Gasteiger partial charge in [-0.25, -0.2) is 4.39 Å². The molecular weight excluding hydrogens is 402 g/mol. The quantitative estimate of drug-likeness (QED) is 0.499. The number of carbonyl (C=O) groups excluding carboxylic acids is 2. The molecule has 0 radical (unpaired) electrons. The Balaban J connectivity index is 2.01. The van der Waals surface area contributed by atoms with E-state index < -0.39 is 34.9 Å². The highest BCUT2D eigenvalue weighted by Gasteiger charge is 2.59. The van der Waals surface area contributed by atoms with E-state index in [4.69, 9.17) is 17.3 Å². The summed E-state index contributed by atoms with van der Waals surface area (Å²) in [6.45, 7) is -0.465. The summed E-state index contributed by atoms with van der Waals surface area (Å²) in [5.74, 6) is -3.02. The lowest BCUT2D eigenvalue weighted by molar-refractivity contribution is -0.194. The topological polar surface area (TPSA) is 84.2 Å². The molecule has 0 saturated heterocycles. The van der Waals surface area contributed by atoms with Gasteiger partial charge in [0.05, 0.1) is 0 Å². The summed E-state index contributed by atoms with van der Waals surface area (Å²) < 4.78 is 53.7. The minimum Gasteiger partial charge on any atom is -0.352 e. The summed E-state index contributed by atoms with van der Waals surface area (Å²) in [5, 5.41) is 4.89. The Morgan fingerprint density at radius 3 is 2.18 bits per heavy atom. The number of carbonyl (C=O) groups is 2. The molecule has 5 nitrogen and oxygen atoms in total. The molecule has 0 aromatic heterocycles. The summed E-state index contributed by atoms with van der Waals surface area (Å²) in [4.78, 5) is 24.1. The third-order valence-electron chi connectivity index (χ3n) is 3.89. The molecule has 0 fully saturated rings. The van der Waals surface area contributed by atoms with E-state index in [1.807, 2.05) is 5.32 Å². The van der Waals surface area contributed by atoms with Crippen molar-refractivity contribution in [3.05, 3.63) is 70.5 Å². The van der Waals surface area contributed by atoms with E-state index in [2.05, 4.69) is 5.32 Å². The third kappa shape index (κ3) is 4.79. The van der Waals surface area contributed by atoms with E-state index in [-0.39, 0.29) is 13.1 Å². The highest BCUT2D eigenvalue weighted by atomic mass is 35.5. The average molecular weight is 418 g/mol. The average Bonchev–Trinajstić information content (AvgIpc) is 2.63. The van der Waals surface area contributed by atoms with Gasteiger partial charge in [0.25, 0.3) is 11.8 Å². The molecule has 2 aromatic carbocycles. The zero-order chi connectivity index (χ0) is 20.9. The lowest BCUT2D eigenvalue weighted by Crippen LogP contribution is -2.61. The van der Waals surface area contributed by atoms with Gasteiger partial charge >= 0.3 is 6.18 Å². The highest BCUT2D eigenvalue weighted by Crippen LogP contribution is 2.37. The van der Waals surface area contributed by atoms with E-state index in [1.54, 1.807) is 0 Å². The molecule has 2 amide bonds. The molecule has 0 aliphatic rings. The Bertz CT molecular complexity index is 859. The molecule has 0 bridgehead atoms. The van der Waals surface area contributed by atoms with Crippen LogP contribution in [0.2, 0.25) is 5.02 Å². The lowest BCUT2D eigenvalue weighted by Gasteiger charge is -2.30. The summed E-state index contributed by atoms with van der Waals surface area (Å²) in [5.41, 5.74) is 1.47. The van der Waals surface area contributed by atoms with Gasteiger partial charge in [-0.2, -0.15) is 13.2 Å². The van der Waals surface area contributed by atoms with Crippen molar-refractivity contribution in [2.45, 2.75) is 11.7 Å². The van der Waals surface area contributed by atoms with E-state index in [0.29, 0.717) is 16.7 Å². The standard InChI is InChI=1S/C18H16ClF4N3O2/c19-13-6-4-11(5-7-13)15(27)25-8-9-26-16(28)17(24,18(21,22)23)12-2-1-3-14(20)10-12/h1-7,10H,8-9,24H2,(H,25,27)(H,26,28)/t17-/m1/s1. The van der Waals surface area contributed by atoms with Crippen molar-refractivity contribution in [2.24, 2.45) is 5.73 Å². The maximum atomic E-state index is 13.5. The Morgan fingerprint density at radius 1 is 1.00 bits per heavy atom. The maximum absolute atomic E-state index is 13.5. The van der Waals surface area contributed by atoms with Crippen LogP contribution in [0.3, 0.4) is 0 Å². The zero-order valence-corrected chi connectivity index (χ0v) is 15.1. The molecule has 4 N–H and O–H groups in total. The summed E-state index contributed by atoms with van der Waals surface area (Å²) in [6, 6.07) is 9.37. The lowest BCUT2D eigenvalue weighted by atomic mass is 9.89. The molecule has 28 heavy (non-hydrogen) atoms. The molecule has 10 heteroatoms. The first-order chi connectivity index (χ1) is 13.1. The largest absolute Gasteiger partial charge is 0.419 e. The van der Waals surface area contributed by atoms with E-state index in [9.17, 15) is 27.2 Å². The zero-order valence-electron chi connectivity index (χ0n) is 14.3. The Hall–Kier alpha value is -2.65. The van der Waals surface area contributed by atoms with E-state index >= 15 is 0 Å². The molecule has 0 aliphatic heterocycles. The first-order valence-corrected chi connectivity index (χ1v) is 8.37. The van der Waals surface area contributed by atoms with Crippen molar-refractivity contribution in [3.8, 4) is 0 Å². The second-order valence-corrected chi connectivity index (χ2v) is 6.27. The van der Waals surface area contributed by atoms with Crippen LogP contribution in [-0.4, -0.2) is 31.1 Å². The van der Waals surface area contributed by atoms with Gasteiger partial charge in [-0.15, -0.1) is 0 Å². The summed E-state index contributed by atoms with van der Waals surface area (Å²) >= 11 is 5.71. The number of rotatable bonds is 6. The van der Waals surface area contributed by atoms with Crippen molar-refractivity contribution in [3.63, 3.8) is 0 Å². The van der Waals surface area contributed by atoms with Gasteiger partial charge in [0.1, 0.15) is 5.82 Å². The van der Waals surface area contributed by atoms with Crippen LogP contribution in [-0.2, 0) is 10.3 Å². The van der Waals surface area contributed by atoms with Crippen molar-refractivity contribution >= 4 is 23.4 Å². The second kappa shape index (κ2) is 8.57. The van der Waals surface area contributed by atoms with E-state index in [1.165, 1.54) is 24.3 Å². The molecule has 0 spiro atoms. The van der Waals surface area contributed by atoms with Crippen LogP contribution < -0.4 is 16.4 Å². The number of nitrogens with two attached hydrogens (primary N) is 1. The van der Waals surface area contributed by atoms with Gasteiger partial charge in [0.15, 0.2) is 0 Å². The highest BCUT2D eigenvalue weighted by molar-refractivity contribution is 6.30. The number of benzene rings is 2. The number of alkyl halides is 3. The molecule has 1 atom stereocenters. The number of halogens is 5. The number of amides is 2. The Kier molecular flexibility index (Phi) is 6.63. The van der Waals surface area contributed by atoms with Crippen LogP contribution in [0.1, 0.15) is 15.9 Å². The second-order valence-electron chi connectivity index (χ2n) is 5.83. The number of nitrogens with one attached hydrogen (secondary N) is 2. The van der Waals surface area contributed by atoms with Gasteiger partial charge in [0.2, 0.25) is 5.54 Å². The van der Waals surface area contributed by atoms with Crippen LogP contribution in [0.15, 0.2) is 48.5 Å². The van der Waals surface area contributed by atoms with Gasteiger partial charge in [0, 0.05) is 23.7 Å². The predicted molar refractivity (Wildman–Crippen MR) is 95.1 cm³/mol. The summed E-state index contributed by atoms with van der Waals surface area (Å²) in [7, 11) is 0. The molecule has 0 aliphatic carbocycles. The van der Waals surface area contributed by atoms with Crippen LogP contribution in [0, 0.1) is 5.82 Å².